The van der Waals surface area contributed by atoms with E-state index in [1.54, 1.807) is 0 Å². The zero-order valence-electron chi connectivity index (χ0n) is 26.2. The second-order valence-electron chi connectivity index (χ2n) is 13.2. The maximum atomic E-state index is 16.9. The number of aromatic hydroxyl groups is 1. The highest BCUT2D eigenvalue weighted by Gasteiger charge is 2.51. The molecule has 11 heteroatoms. The Morgan fingerprint density at radius 3 is 2.74 bits per heavy atom. The van der Waals surface area contributed by atoms with Crippen LogP contribution < -0.4 is 9.64 Å². The number of phenols is 1. The van der Waals surface area contributed by atoms with E-state index in [2.05, 4.69) is 25.7 Å². The molecule has 0 unspecified atom stereocenters. The van der Waals surface area contributed by atoms with Crippen molar-refractivity contribution in [2.24, 2.45) is 5.41 Å². The van der Waals surface area contributed by atoms with Crippen LogP contribution in [0.4, 0.5) is 14.6 Å². The van der Waals surface area contributed by atoms with Crippen molar-refractivity contribution < 1.29 is 28.1 Å². The van der Waals surface area contributed by atoms with E-state index in [-0.39, 0.29) is 44.9 Å². The van der Waals surface area contributed by atoms with E-state index in [0.717, 1.165) is 58.3 Å². The first-order chi connectivity index (χ1) is 23.0. The van der Waals surface area contributed by atoms with Crippen LogP contribution in [0, 0.1) is 29.4 Å². The molecule has 4 fully saturated rings. The van der Waals surface area contributed by atoms with Crippen LogP contribution in [0.5, 0.6) is 11.8 Å². The number of hydrogen-bond donors (Lipinski definition) is 1. The van der Waals surface area contributed by atoms with Gasteiger partial charge in [-0.2, -0.15) is 9.97 Å². The summed E-state index contributed by atoms with van der Waals surface area (Å²) in [6.45, 7) is 5.46. The van der Waals surface area contributed by atoms with E-state index in [1.807, 2.05) is 0 Å². The van der Waals surface area contributed by atoms with Crippen molar-refractivity contribution >= 4 is 27.5 Å². The SMILES string of the molecule is C#Cc1c(F)ccc2cc(O)cc(-c3ncc4c(N5CCCOCC5)nc(OC[C@]56CCC[C@H]5N(C5COC5)CCC6)nc4c3F)c12. The molecule has 4 aliphatic rings. The Labute approximate surface area is 271 Å². The van der Waals surface area contributed by atoms with Crippen LogP contribution in [-0.2, 0) is 9.47 Å². The van der Waals surface area contributed by atoms with Gasteiger partial charge in [0.05, 0.1) is 43.4 Å². The molecule has 0 bridgehead atoms. The Morgan fingerprint density at radius 2 is 1.91 bits per heavy atom. The Morgan fingerprint density at radius 1 is 1.04 bits per heavy atom. The number of hydrogen-bond acceptors (Lipinski definition) is 9. The van der Waals surface area contributed by atoms with Crippen molar-refractivity contribution in [3.63, 3.8) is 0 Å². The number of benzene rings is 2. The number of fused-ring (bicyclic) bond motifs is 3. The second kappa shape index (κ2) is 12.2. The lowest BCUT2D eigenvalue weighted by Crippen LogP contribution is -2.60. The molecule has 2 aromatic carbocycles. The predicted octanol–water partition coefficient (Wildman–Crippen LogP) is 5.45. The van der Waals surface area contributed by atoms with E-state index < -0.39 is 11.6 Å². The summed E-state index contributed by atoms with van der Waals surface area (Å²) in [6, 6.07) is 6.53. The van der Waals surface area contributed by atoms with Crippen LogP contribution >= 0.6 is 0 Å². The molecule has 9 nitrogen and oxygen atoms in total. The van der Waals surface area contributed by atoms with Crippen LogP contribution in [0.25, 0.3) is 32.9 Å². The quantitative estimate of drug-likeness (QED) is 0.276. The van der Waals surface area contributed by atoms with Gasteiger partial charge in [-0.3, -0.25) is 9.88 Å². The van der Waals surface area contributed by atoms with Crippen molar-refractivity contribution in [3.8, 4) is 35.4 Å². The smallest absolute Gasteiger partial charge is 0.319 e. The lowest BCUT2D eigenvalue weighted by Gasteiger charge is -2.51. The van der Waals surface area contributed by atoms with Crippen LogP contribution in [-0.4, -0.2) is 89.7 Å². The first-order valence-electron chi connectivity index (χ1n) is 16.5. The van der Waals surface area contributed by atoms with Gasteiger partial charge >= 0.3 is 6.01 Å². The van der Waals surface area contributed by atoms with E-state index >= 15 is 4.39 Å². The van der Waals surface area contributed by atoms with Gasteiger partial charge in [-0.25, -0.2) is 8.78 Å². The summed E-state index contributed by atoms with van der Waals surface area (Å²) < 4.78 is 49.4. The number of ether oxygens (including phenoxy) is 3. The molecule has 3 aliphatic heterocycles. The first kappa shape index (κ1) is 30.2. The van der Waals surface area contributed by atoms with Crippen molar-refractivity contribution in [1.29, 1.82) is 0 Å². The number of pyridine rings is 1. The minimum Gasteiger partial charge on any atom is -0.508 e. The zero-order valence-corrected chi connectivity index (χ0v) is 26.2. The molecule has 0 amide bonds. The van der Waals surface area contributed by atoms with Crippen molar-refractivity contribution in [3.05, 3.63) is 47.7 Å². The van der Waals surface area contributed by atoms with Gasteiger partial charge in [0.1, 0.15) is 28.6 Å². The molecule has 1 N–H and O–H groups in total. The molecule has 0 spiro atoms. The molecule has 1 aliphatic carbocycles. The molecule has 3 saturated heterocycles. The number of phenolic OH excluding ortho intramolecular Hbond substituents is 1. The largest absolute Gasteiger partial charge is 0.508 e. The fourth-order valence-corrected chi connectivity index (χ4v) is 8.23. The van der Waals surface area contributed by atoms with Crippen LogP contribution in [0.1, 0.15) is 44.1 Å². The Balaban J connectivity index is 1.23. The van der Waals surface area contributed by atoms with E-state index in [9.17, 15) is 9.50 Å². The Hall–Kier alpha value is -4.11. The number of likely N-dealkylation sites (tertiary alicyclic amines) is 1. The molecule has 47 heavy (non-hydrogen) atoms. The topological polar surface area (TPSA) is 93.1 Å². The Bertz CT molecular complexity index is 1890. The lowest BCUT2D eigenvalue weighted by atomic mass is 9.75. The summed E-state index contributed by atoms with van der Waals surface area (Å²) >= 11 is 0. The maximum absolute atomic E-state index is 16.9. The van der Waals surface area contributed by atoms with Crippen LogP contribution in [0.15, 0.2) is 30.5 Å². The van der Waals surface area contributed by atoms with Crippen molar-refractivity contribution in [2.45, 2.75) is 50.6 Å². The first-order valence-corrected chi connectivity index (χ1v) is 16.5. The zero-order chi connectivity index (χ0) is 32.1. The van der Waals surface area contributed by atoms with E-state index in [1.165, 1.54) is 30.5 Å². The molecule has 4 aromatic rings. The van der Waals surface area contributed by atoms with Gasteiger partial charge in [-0.1, -0.05) is 18.4 Å². The van der Waals surface area contributed by atoms with Crippen LogP contribution in [0.3, 0.4) is 0 Å². The second-order valence-corrected chi connectivity index (χ2v) is 13.2. The maximum Gasteiger partial charge on any atom is 0.319 e. The third-order valence-electron chi connectivity index (χ3n) is 10.5. The molecular formula is C36H37F2N5O4. The van der Waals surface area contributed by atoms with E-state index in [4.69, 9.17) is 25.6 Å². The number of piperidine rings is 1. The Kier molecular flexibility index (Phi) is 7.82. The predicted molar refractivity (Wildman–Crippen MR) is 174 cm³/mol. The number of terminal acetylenes is 1. The van der Waals surface area contributed by atoms with Crippen LogP contribution in [0.2, 0.25) is 0 Å². The fourth-order valence-electron chi connectivity index (χ4n) is 8.23. The summed E-state index contributed by atoms with van der Waals surface area (Å²) in [5.41, 5.74) is 0.0489. The minimum atomic E-state index is -0.730. The molecule has 244 valence electrons. The molecule has 1 saturated carbocycles. The molecule has 2 aromatic heterocycles. The molecule has 2 atom stereocenters. The summed E-state index contributed by atoms with van der Waals surface area (Å²) in [4.78, 5) is 18.7. The van der Waals surface area contributed by atoms with Gasteiger partial charge in [0.2, 0.25) is 0 Å². The van der Waals surface area contributed by atoms with Gasteiger partial charge in [-0.05, 0) is 62.2 Å². The molecule has 8 rings (SSSR count). The highest BCUT2D eigenvalue weighted by atomic mass is 19.1. The minimum absolute atomic E-state index is 0.0269. The normalized spacial score (nSPS) is 23.8. The third kappa shape index (κ3) is 5.23. The monoisotopic (exact) mass is 641 g/mol. The average Bonchev–Trinajstić information content (AvgIpc) is 3.30. The number of rotatable bonds is 6. The molecule has 5 heterocycles. The van der Waals surface area contributed by atoms with Gasteiger partial charge in [0.25, 0.3) is 0 Å². The average molecular weight is 642 g/mol. The molecule has 0 radical (unpaired) electrons. The summed E-state index contributed by atoms with van der Waals surface area (Å²) in [7, 11) is 0. The third-order valence-corrected chi connectivity index (χ3v) is 10.5. The lowest BCUT2D eigenvalue weighted by molar-refractivity contribution is -0.115. The highest BCUT2D eigenvalue weighted by Crippen LogP contribution is 2.49. The summed E-state index contributed by atoms with van der Waals surface area (Å²) in [5, 5.41) is 11.7. The van der Waals surface area contributed by atoms with Crippen molar-refractivity contribution in [1.82, 2.24) is 19.9 Å². The van der Waals surface area contributed by atoms with Gasteiger partial charge < -0.3 is 24.2 Å². The van der Waals surface area contributed by atoms with Gasteiger partial charge in [-0.15, -0.1) is 6.42 Å². The van der Waals surface area contributed by atoms with Gasteiger partial charge in [0, 0.05) is 48.3 Å². The number of aromatic nitrogens is 3. The fraction of sp³-hybridized carbons (Fsp3) is 0.472. The number of nitrogens with zero attached hydrogens (tertiary/aromatic N) is 5. The van der Waals surface area contributed by atoms with Crippen molar-refractivity contribution in [2.75, 3.05) is 57.6 Å². The standard InChI is InChI=1S/C36H37F2N5O4/c1-2-25-28(37)8-7-22-16-24(44)17-26(30(22)25)32-31(38)33-27(18-39-32)34(42-11-5-14-45-15-13-42)41-35(40-33)47-21-36-9-3-6-29(36)43(12-4-10-36)23-19-46-20-23/h1,7-8,16-18,23,29,44H,3-6,9-15,19-21H2/t29-,36-/m1/s1. The summed E-state index contributed by atoms with van der Waals surface area (Å²) in [6.07, 6.45) is 13.5. The molecular weight excluding hydrogens is 604 g/mol. The van der Waals surface area contributed by atoms with E-state index in [0.29, 0.717) is 61.6 Å². The summed E-state index contributed by atoms with van der Waals surface area (Å²) in [5.74, 6) is 1.45. The van der Waals surface area contributed by atoms with Gasteiger partial charge in [0.15, 0.2) is 5.82 Å². The highest BCUT2D eigenvalue weighted by molar-refractivity contribution is 6.03. The number of anilines is 1. The number of halogens is 2.